The van der Waals surface area contributed by atoms with Gasteiger partial charge in [0.05, 0.1) is 6.61 Å². The SMILES string of the molecule is CCCCCCCCCCCCCCCCOC(O)C(C)OCc1ccccc1. The van der Waals surface area contributed by atoms with E-state index in [-0.39, 0.29) is 6.10 Å². The molecule has 0 saturated carbocycles. The monoisotopic (exact) mass is 406 g/mol. The fourth-order valence-corrected chi connectivity index (χ4v) is 3.52. The first-order valence-corrected chi connectivity index (χ1v) is 12.2. The van der Waals surface area contributed by atoms with Gasteiger partial charge in [0.25, 0.3) is 0 Å². The minimum Gasteiger partial charge on any atom is -0.369 e. The Bertz CT molecular complexity index is 449. The number of ether oxygens (including phenoxy) is 2. The molecule has 2 unspecified atom stereocenters. The summed E-state index contributed by atoms with van der Waals surface area (Å²) in [5.41, 5.74) is 1.11. The van der Waals surface area contributed by atoms with Crippen LogP contribution < -0.4 is 0 Å². The Kier molecular flexibility index (Phi) is 17.2. The average Bonchev–Trinajstić information content (AvgIpc) is 2.75. The first-order valence-electron chi connectivity index (χ1n) is 12.2. The van der Waals surface area contributed by atoms with Crippen molar-refractivity contribution < 1.29 is 14.6 Å². The van der Waals surface area contributed by atoms with Crippen LogP contribution in [0.4, 0.5) is 0 Å². The predicted octanol–water partition coefficient (Wildman–Crippen LogP) is 7.41. The summed E-state index contributed by atoms with van der Waals surface area (Å²) in [5, 5.41) is 10.1. The third kappa shape index (κ3) is 15.6. The van der Waals surface area contributed by atoms with Crippen LogP contribution in [0.15, 0.2) is 30.3 Å². The van der Waals surface area contributed by atoms with Crippen molar-refractivity contribution in [1.29, 1.82) is 0 Å². The third-order valence-electron chi connectivity index (χ3n) is 5.54. The van der Waals surface area contributed by atoms with Crippen LogP contribution in [0, 0.1) is 0 Å². The minimum atomic E-state index is -0.847. The van der Waals surface area contributed by atoms with Gasteiger partial charge in [-0.05, 0) is 18.9 Å². The molecule has 0 spiro atoms. The molecule has 1 aromatic rings. The van der Waals surface area contributed by atoms with Crippen molar-refractivity contribution in [3.63, 3.8) is 0 Å². The van der Waals surface area contributed by atoms with Gasteiger partial charge < -0.3 is 14.6 Å². The van der Waals surface area contributed by atoms with E-state index in [1.54, 1.807) is 0 Å². The molecule has 0 radical (unpaired) electrons. The van der Waals surface area contributed by atoms with Crippen LogP contribution in [-0.2, 0) is 16.1 Å². The Hall–Kier alpha value is -0.900. The summed E-state index contributed by atoms with van der Waals surface area (Å²) in [6.45, 7) is 5.25. The molecular formula is C26H46O3. The summed E-state index contributed by atoms with van der Waals surface area (Å²) < 4.78 is 11.2. The second-order valence-corrected chi connectivity index (χ2v) is 8.36. The maximum Gasteiger partial charge on any atom is 0.180 e. The Balaban J connectivity index is 1.83. The quantitative estimate of drug-likeness (QED) is 0.181. The van der Waals surface area contributed by atoms with Gasteiger partial charge in [0, 0.05) is 6.61 Å². The molecule has 0 amide bonds. The number of unbranched alkanes of at least 4 members (excludes halogenated alkanes) is 13. The van der Waals surface area contributed by atoms with E-state index in [4.69, 9.17) is 9.47 Å². The molecule has 2 atom stereocenters. The van der Waals surface area contributed by atoms with Crippen LogP contribution in [0.1, 0.15) is 109 Å². The summed E-state index contributed by atoms with van der Waals surface area (Å²) >= 11 is 0. The lowest BCUT2D eigenvalue weighted by Crippen LogP contribution is -2.29. The van der Waals surface area contributed by atoms with Crippen LogP contribution in [0.5, 0.6) is 0 Å². The average molecular weight is 407 g/mol. The van der Waals surface area contributed by atoms with Gasteiger partial charge in [0.2, 0.25) is 0 Å². The van der Waals surface area contributed by atoms with E-state index in [2.05, 4.69) is 6.92 Å². The lowest BCUT2D eigenvalue weighted by atomic mass is 10.0. The molecule has 29 heavy (non-hydrogen) atoms. The number of rotatable bonds is 20. The molecule has 0 fully saturated rings. The van der Waals surface area contributed by atoms with Gasteiger partial charge in [-0.2, -0.15) is 0 Å². The van der Waals surface area contributed by atoms with Crippen LogP contribution in [-0.4, -0.2) is 24.1 Å². The maximum absolute atomic E-state index is 10.1. The van der Waals surface area contributed by atoms with Crippen molar-refractivity contribution >= 4 is 0 Å². The lowest BCUT2D eigenvalue weighted by molar-refractivity contribution is -0.176. The molecule has 168 valence electrons. The van der Waals surface area contributed by atoms with Crippen molar-refractivity contribution in [3.05, 3.63) is 35.9 Å². The van der Waals surface area contributed by atoms with E-state index < -0.39 is 6.29 Å². The Morgan fingerprint density at radius 1 is 0.690 bits per heavy atom. The molecule has 0 aliphatic heterocycles. The zero-order chi connectivity index (χ0) is 21.0. The first kappa shape index (κ1) is 26.1. The predicted molar refractivity (Wildman–Crippen MR) is 123 cm³/mol. The number of benzene rings is 1. The fourth-order valence-electron chi connectivity index (χ4n) is 3.52. The van der Waals surface area contributed by atoms with Gasteiger partial charge in [-0.3, -0.25) is 0 Å². The summed E-state index contributed by atoms with van der Waals surface area (Å²) in [6, 6.07) is 10.0. The first-order chi connectivity index (χ1) is 14.2. The standard InChI is InChI=1S/C26H46O3/c1-3-4-5-6-7-8-9-10-11-12-13-14-15-19-22-28-26(27)24(2)29-23-25-20-17-16-18-21-25/h16-18,20-21,24,26-27H,3-15,19,22-23H2,1-2H3. The van der Waals surface area contributed by atoms with Crippen molar-refractivity contribution in [1.82, 2.24) is 0 Å². The number of aliphatic hydroxyl groups excluding tert-OH is 1. The molecule has 0 aliphatic rings. The maximum atomic E-state index is 10.1. The van der Waals surface area contributed by atoms with Gasteiger partial charge in [-0.1, -0.05) is 121 Å². The molecule has 0 saturated heterocycles. The van der Waals surface area contributed by atoms with Crippen LogP contribution in [0.25, 0.3) is 0 Å². The summed E-state index contributed by atoms with van der Waals surface area (Å²) in [6.07, 6.45) is 17.7. The van der Waals surface area contributed by atoms with Gasteiger partial charge in [0.1, 0.15) is 6.10 Å². The number of aliphatic hydroxyl groups is 1. The van der Waals surface area contributed by atoms with Crippen LogP contribution in [0.3, 0.4) is 0 Å². The van der Waals surface area contributed by atoms with Crippen molar-refractivity contribution in [2.75, 3.05) is 6.61 Å². The Labute approximate surface area is 180 Å². The minimum absolute atomic E-state index is 0.318. The van der Waals surface area contributed by atoms with E-state index in [9.17, 15) is 5.11 Å². The van der Waals surface area contributed by atoms with Crippen molar-refractivity contribution in [2.24, 2.45) is 0 Å². The van der Waals surface area contributed by atoms with Gasteiger partial charge in [-0.25, -0.2) is 0 Å². The highest BCUT2D eigenvalue weighted by molar-refractivity contribution is 5.13. The largest absolute Gasteiger partial charge is 0.369 e. The molecule has 3 nitrogen and oxygen atoms in total. The molecule has 1 rings (SSSR count). The van der Waals surface area contributed by atoms with Gasteiger partial charge >= 0.3 is 0 Å². The van der Waals surface area contributed by atoms with Crippen LogP contribution >= 0.6 is 0 Å². The highest BCUT2D eigenvalue weighted by Gasteiger charge is 2.15. The van der Waals surface area contributed by atoms with Crippen molar-refractivity contribution in [2.45, 2.75) is 123 Å². The van der Waals surface area contributed by atoms with E-state index in [0.717, 1.165) is 12.0 Å². The molecule has 3 heteroatoms. The van der Waals surface area contributed by atoms with Crippen LogP contribution in [0.2, 0.25) is 0 Å². The smallest absolute Gasteiger partial charge is 0.180 e. The summed E-state index contributed by atoms with van der Waals surface area (Å²) in [5.74, 6) is 0. The number of hydrogen-bond donors (Lipinski definition) is 1. The van der Waals surface area contributed by atoms with Gasteiger partial charge in [-0.15, -0.1) is 0 Å². The third-order valence-corrected chi connectivity index (χ3v) is 5.54. The molecule has 0 aromatic heterocycles. The zero-order valence-corrected chi connectivity index (χ0v) is 19.1. The summed E-state index contributed by atoms with van der Waals surface area (Å²) in [4.78, 5) is 0. The molecule has 0 bridgehead atoms. The zero-order valence-electron chi connectivity index (χ0n) is 19.1. The van der Waals surface area contributed by atoms with E-state index in [1.807, 2.05) is 37.3 Å². The highest BCUT2D eigenvalue weighted by atomic mass is 16.6. The second-order valence-electron chi connectivity index (χ2n) is 8.36. The van der Waals surface area contributed by atoms with E-state index in [0.29, 0.717) is 13.2 Å². The number of hydrogen-bond acceptors (Lipinski definition) is 3. The fraction of sp³-hybridized carbons (Fsp3) is 0.769. The van der Waals surface area contributed by atoms with E-state index >= 15 is 0 Å². The molecule has 1 aromatic carbocycles. The molecule has 1 N–H and O–H groups in total. The Morgan fingerprint density at radius 2 is 1.17 bits per heavy atom. The highest BCUT2D eigenvalue weighted by Crippen LogP contribution is 2.13. The summed E-state index contributed by atoms with van der Waals surface area (Å²) in [7, 11) is 0. The molecule has 0 heterocycles. The van der Waals surface area contributed by atoms with Crippen molar-refractivity contribution in [3.8, 4) is 0 Å². The van der Waals surface area contributed by atoms with Gasteiger partial charge in [0.15, 0.2) is 6.29 Å². The molecular weight excluding hydrogens is 360 g/mol. The molecule has 0 aliphatic carbocycles. The van der Waals surface area contributed by atoms with E-state index in [1.165, 1.54) is 83.5 Å². The normalized spacial score (nSPS) is 13.5. The Morgan fingerprint density at radius 3 is 1.69 bits per heavy atom. The topological polar surface area (TPSA) is 38.7 Å². The second kappa shape index (κ2) is 19.1. The lowest BCUT2D eigenvalue weighted by Gasteiger charge is -2.20.